The van der Waals surface area contributed by atoms with Gasteiger partial charge in [-0.1, -0.05) is 5.16 Å². The first-order valence-corrected chi connectivity index (χ1v) is 6.39. The highest BCUT2D eigenvalue weighted by Crippen LogP contribution is 2.16. The van der Waals surface area contributed by atoms with Crippen molar-refractivity contribution < 1.29 is 9.63 Å². The Kier molecular flexibility index (Phi) is 2.93. The smallest absolute Gasteiger partial charge is 0.335 e. The predicted octanol–water partition coefficient (Wildman–Crippen LogP) is 0.731. The number of nitrogens with zero attached hydrogens (tertiary/aromatic N) is 5. The Hall–Kier alpha value is -2.77. The van der Waals surface area contributed by atoms with E-state index in [1.54, 1.807) is 17.9 Å². The van der Waals surface area contributed by atoms with Crippen LogP contribution in [0, 0.1) is 13.8 Å². The molecule has 0 aliphatic carbocycles. The lowest BCUT2D eigenvalue weighted by Crippen LogP contribution is -2.20. The lowest BCUT2D eigenvalue weighted by Gasteiger charge is -2.00. The van der Waals surface area contributed by atoms with Crippen molar-refractivity contribution in [2.45, 2.75) is 20.4 Å². The monoisotopic (exact) mass is 289 g/mol. The third kappa shape index (κ3) is 2.14. The summed E-state index contributed by atoms with van der Waals surface area (Å²) < 4.78 is 9.28. The van der Waals surface area contributed by atoms with Crippen LogP contribution in [0.15, 0.2) is 27.9 Å². The molecule has 3 aromatic heterocycles. The van der Waals surface area contributed by atoms with E-state index in [0.717, 1.165) is 17.0 Å². The van der Waals surface area contributed by atoms with Gasteiger partial charge in [0, 0.05) is 18.8 Å². The van der Waals surface area contributed by atoms with E-state index in [-0.39, 0.29) is 11.6 Å². The molecule has 3 aromatic rings. The van der Waals surface area contributed by atoms with Crippen molar-refractivity contribution in [1.29, 1.82) is 0 Å². The number of imidazole rings is 1. The fraction of sp³-hybridized carbons (Fsp3) is 0.308. The summed E-state index contributed by atoms with van der Waals surface area (Å²) in [7, 11) is 1.58. The normalized spacial score (nSPS) is 11.2. The fourth-order valence-corrected chi connectivity index (χ4v) is 2.23. The molecule has 110 valence electrons. The maximum atomic E-state index is 11.9. The molecule has 0 spiro atoms. The van der Waals surface area contributed by atoms with Gasteiger partial charge in [0.2, 0.25) is 5.88 Å². The summed E-state index contributed by atoms with van der Waals surface area (Å²) in [5, 5.41) is 17.9. The third-order valence-corrected chi connectivity index (χ3v) is 3.41. The van der Waals surface area contributed by atoms with Crippen LogP contribution in [0.5, 0.6) is 5.88 Å². The first-order chi connectivity index (χ1) is 9.97. The van der Waals surface area contributed by atoms with Crippen molar-refractivity contribution in [3.63, 3.8) is 0 Å². The van der Waals surface area contributed by atoms with E-state index in [1.165, 1.54) is 21.5 Å². The molecular formula is C13H15N5O3. The van der Waals surface area contributed by atoms with Crippen LogP contribution in [-0.4, -0.2) is 29.2 Å². The molecular weight excluding hydrogens is 274 g/mol. The SMILES string of the molecule is Cc1noc(C)c1Cn1cc(-n2c(O)cn(C)c2=O)cn1. The van der Waals surface area contributed by atoms with Crippen molar-refractivity contribution in [3.8, 4) is 11.6 Å². The van der Waals surface area contributed by atoms with Gasteiger partial charge in [-0.2, -0.15) is 5.10 Å². The summed E-state index contributed by atoms with van der Waals surface area (Å²) in [6.07, 6.45) is 4.57. The van der Waals surface area contributed by atoms with Gasteiger partial charge >= 0.3 is 5.69 Å². The van der Waals surface area contributed by atoms with Gasteiger partial charge in [-0.15, -0.1) is 0 Å². The minimum Gasteiger partial charge on any atom is -0.493 e. The van der Waals surface area contributed by atoms with Crippen LogP contribution in [0.2, 0.25) is 0 Å². The molecule has 0 amide bonds. The van der Waals surface area contributed by atoms with E-state index in [4.69, 9.17) is 4.52 Å². The Morgan fingerprint density at radius 2 is 2.10 bits per heavy atom. The molecule has 8 heteroatoms. The molecule has 0 atom stereocenters. The van der Waals surface area contributed by atoms with Crippen LogP contribution in [0.1, 0.15) is 17.0 Å². The van der Waals surface area contributed by atoms with Gasteiger partial charge in [0.1, 0.15) is 5.76 Å². The molecule has 0 saturated heterocycles. The van der Waals surface area contributed by atoms with E-state index >= 15 is 0 Å². The van der Waals surface area contributed by atoms with Crippen LogP contribution < -0.4 is 5.69 Å². The highest BCUT2D eigenvalue weighted by molar-refractivity contribution is 5.31. The molecule has 8 nitrogen and oxygen atoms in total. The maximum Gasteiger partial charge on any atom is 0.335 e. The molecule has 3 heterocycles. The average molecular weight is 289 g/mol. The quantitative estimate of drug-likeness (QED) is 0.767. The summed E-state index contributed by atoms with van der Waals surface area (Å²) in [5.74, 6) is 0.615. The van der Waals surface area contributed by atoms with E-state index < -0.39 is 0 Å². The molecule has 1 N–H and O–H groups in total. The second-order valence-corrected chi connectivity index (χ2v) is 4.92. The zero-order valence-electron chi connectivity index (χ0n) is 11.9. The van der Waals surface area contributed by atoms with E-state index in [1.807, 2.05) is 13.8 Å². The summed E-state index contributed by atoms with van der Waals surface area (Å²) in [6.45, 7) is 4.19. The van der Waals surface area contributed by atoms with Crippen LogP contribution in [0.25, 0.3) is 5.69 Å². The van der Waals surface area contributed by atoms with Crippen molar-refractivity contribution in [2.75, 3.05) is 0 Å². The van der Waals surface area contributed by atoms with Crippen molar-refractivity contribution in [2.24, 2.45) is 7.05 Å². The van der Waals surface area contributed by atoms with Gasteiger partial charge in [0.25, 0.3) is 0 Å². The van der Waals surface area contributed by atoms with E-state index in [2.05, 4.69) is 10.3 Å². The van der Waals surface area contributed by atoms with E-state index in [0.29, 0.717) is 12.2 Å². The number of hydrogen-bond donors (Lipinski definition) is 1. The van der Waals surface area contributed by atoms with Gasteiger partial charge in [0.15, 0.2) is 0 Å². The number of aromatic hydroxyl groups is 1. The molecule has 0 saturated carbocycles. The summed E-state index contributed by atoms with van der Waals surface area (Å²) in [6, 6.07) is 0. The van der Waals surface area contributed by atoms with Crippen LogP contribution >= 0.6 is 0 Å². The summed E-state index contributed by atoms with van der Waals surface area (Å²) in [4.78, 5) is 11.9. The predicted molar refractivity (Wildman–Crippen MR) is 73.5 cm³/mol. The molecule has 0 unspecified atom stereocenters. The Bertz CT molecular complexity index is 832. The van der Waals surface area contributed by atoms with Crippen LogP contribution in [0.4, 0.5) is 0 Å². The number of rotatable bonds is 3. The fourth-order valence-electron chi connectivity index (χ4n) is 2.23. The van der Waals surface area contributed by atoms with Gasteiger partial charge in [-0.3, -0.25) is 9.25 Å². The first kappa shape index (κ1) is 13.2. The van der Waals surface area contributed by atoms with Crippen LogP contribution in [0.3, 0.4) is 0 Å². The average Bonchev–Trinajstić information content (AvgIpc) is 3.07. The third-order valence-electron chi connectivity index (χ3n) is 3.41. The van der Waals surface area contributed by atoms with E-state index in [9.17, 15) is 9.90 Å². The minimum atomic E-state index is -0.329. The number of hydrogen-bond acceptors (Lipinski definition) is 5. The zero-order valence-corrected chi connectivity index (χ0v) is 11.9. The molecule has 0 radical (unpaired) electrons. The largest absolute Gasteiger partial charge is 0.493 e. The molecule has 0 fully saturated rings. The van der Waals surface area contributed by atoms with Crippen molar-refractivity contribution in [3.05, 3.63) is 46.1 Å². The molecule has 3 rings (SSSR count). The Balaban J connectivity index is 1.96. The highest BCUT2D eigenvalue weighted by Gasteiger charge is 2.14. The Labute approximate surface area is 119 Å². The minimum absolute atomic E-state index is 0.126. The first-order valence-electron chi connectivity index (χ1n) is 6.39. The molecule has 0 aliphatic heterocycles. The molecule has 0 aliphatic rings. The summed E-state index contributed by atoms with van der Waals surface area (Å²) in [5.41, 5.74) is 1.94. The maximum absolute atomic E-state index is 11.9. The van der Waals surface area contributed by atoms with Crippen molar-refractivity contribution in [1.82, 2.24) is 24.1 Å². The van der Waals surface area contributed by atoms with Crippen molar-refractivity contribution >= 4 is 0 Å². The van der Waals surface area contributed by atoms with Gasteiger partial charge < -0.3 is 9.63 Å². The molecule has 21 heavy (non-hydrogen) atoms. The Morgan fingerprint density at radius 1 is 1.33 bits per heavy atom. The zero-order chi connectivity index (χ0) is 15.1. The van der Waals surface area contributed by atoms with Crippen LogP contribution in [-0.2, 0) is 13.6 Å². The standard InChI is InChI=1S/C13H15N5O3/c1-8-11(9(2)21-15-8)6-17-5-10(4-14-17)18-12(19)7-16(3)13(18)20/h4-5,7,19H,6H2,1-3H3. The number of aryl methyl sites for hydroxylation is 3. The topological polar surface area (TPSA) is 91.0 Å². The summed E-state index contributed by atoms with van der Waals surface area (Å²) >= 11 is 0. The highest BCUT2D eigenvalue weighted by atomic mass is 16.5. The molecule has 0 bridgehead atoms. The van der Waals surface area contributed by atoms with Gasteiger partial charge in [0.05, 0.1) is 30.3 Å². The Morgan fingerprint density at radius 3 is 2.67 bits per heavy atom. The lowest BCUT2D eigenvalue weighted by molar-refractivity contribution is 0.391. The second kappa shape index (κ2) is 4.65. The number of aromatic nitrogens is 5. The van der Waals surface area contributed by atoms with Gasteiger partial charge in [-0.05, 0) is 13.8 Å². The second-order valence-electron chi connectivity index (χ2n) is 4.92. The molecule has 0 aromatic carbocycles. The van der Waals surface area contributed by atoms with Gasteiger partial charge in [-0.25, -0.2) is 9.36 Å². The lowest BCUT2D eigenvalue weighted by atomic mass is 10.2.